The molecule has 0 aliphatic carbocycles. The second-order valence-corrected chi connectivity index (χ2v) is 6.89. The van der Waals surface area contributed by atoms with Gasteiger partial charge in [-0.15, -0.1) is 0 Å². The first-order chi connectivity index (χ1) is 12.7. The maximum atomic E-state index is 12.9. The molecule has 148 valence electrons. The quantitative estimate of drug-likeness (QED) is 0.634. The second-order valence-electron chi connectivity index (χ2n) is 6.89. The Bertz CT molecular complexity index is 712. The van der Waals surface area contributed by atoms with Crippen molar-refractivity contribution in [3.8, 4) is 5.75 Å². The third kappa shape index (κ3) is 4.68. The van der Waals surface area contributed by atoms with Crippen LogP contribution in [0.15, 0.2) is 18.2 Å². The topological polar surface area (TPSA) is 84.7 Å². The van der Waals surface area contributed by atoms with Crippen molar-refractivity contribution >= 4 is 11.6 Å². The highest BCUT2D eigenvalue weighted by Crippen LogP contribution is 2.30. The number of halogens is 3. The summed E-state index contributed by atoms with van der Waals surface area (Å²) in [6, 6.07) is 3.11. The molecule has 0 aromatic heterocycles. The normalized spacial score (nSPS) is 22.9. The smallest absolute Gasteiger partial charge is 0.422 e. The van der Waals surface area contributed by atoms with E-state index in [1.165, 1.54) is 0 Å². The average molecular weight is 387 g/mol. The van der Waals surface area contributed by atoms with Crippen molar-refractivity contribution in [2.24, 2.45) is 11.8 Å². The van der Waals surface area contributed by atoms with E-state index in [0.29, 0.717) is 24.9 Å². The molecule has 1 aromatic carbocycles. The first-order valence-corrected chi connectivity index (χ1v) is 8.72. The first kappa shape index (κ1) is 19.4. The van der Waals surface area contributed by atoms with Gasteiger partial charge in [0.2, 0.25) is 0 Å². The van der Waals surface area contributed by atoms with Crippen molar-refractivity contribution in [2.45, 2.75) is 19.0 Å². The molecule has 0 unspecified atom stereocenters. The highest BCUT2D eigenvalue weighted by atomic mass is 19.4. The molecular formula is C17H20F3N3O4. The molecule has 2 fully saturated rings. The summed E-state index contributed by atoms with van der Waals surface area (Å²) in [4.78, 5) is 25.0. The minimum Gasteiger partial charge on any atom is -0.484 e. The Morgan fingerprint density at radius 1 is 1.26 bits per heavy atom. The van der Waals surface area contributed by atoms with Crippen LogP contribution in [-0.4, -0.2) is 54.7 Å². The lowest BCUT2D eigenvalue weighted by atomic mass is 9.92. The number of nitro benzene ring substituents is 1. The van der Waals surface area contributed by atoms with Crippen molar-refractivity contribution in [1.82, 2.24) is 10.2 Å². The Labute approximate surface area is 153 Å². The van der Waals surface area contributed by atoms with Crippen LogP contribution in [0.5, 0.6) is 5.75 Å². The summed E-state index contributed by atoms with van der Waals surface area (Å²) >= 11 is 0. The van der Waals surface area contributed by atoms with Crippen LogP contribution < -0.4 is 10.1 Å². The van der Waals surface area contributed by atoms with Crippen LogP contribution in [-0.2, 0) is 0 Å². The number of fused-ring (bicyclic) bond motifs is 1. The molecule has 2 aliphatic heterocycles. The molecule has 3 rings (SSSR count). The van der Waals surface area contributed by atoms with Gasteiger partial charge < -0.3 is 15.0 Å². The number of likely N-dealkylation sites (tertiary alicyclic amines) is 1. The molecular weight excluding hydrogens is 367 g/mol. The number of nitrogens with one attached hydrogen (secondary N) is 1. The predicted molar refractivity (Wildman–Crippen MR) is 89.6 cm³/mol. The lowest BCUT2D eigenvalue weighted by Gasteiger charge is -2.21. The van der Waals surface area contributed by atoms with E-state index >= 15 is 0 Å². The fourth-order valence-corrected chi connectivity index (χ4v) is 3.69. The summed E-state index contributed by atoms with van der Waals surface area (Å²) in [5.41, 5.74) is -0.685. The number of alkyl halides is 3. The highest BCUT2D eigenvalue weighted by molar-refractivity contribution is 5.98. The third-order valence-electron chi connectivity index (χ3n) is 5.10. The number of rotatable bonds is 4. The number of hydrogen-bond donors (Lipinski definition) is 1. The van der Waals surface area contributed by atoms with Crippen molar-refractivity contribution in [2.75, 3.05) is 32.8 Å². The lowest BCUT2D eigenvalue weighted by molar-refractivity contribution is -0.385. The number of hydrogen-bond acceptors (Lipinski definition) is 5. The summed E-state index contributed by atoms with van der Waals surface area (Å²) in [5.74, 6) is 0.169. The van der Waals surface area contributed by atoms with E-state index in [1.54, 1.807) is 4.90 Å². The van der Waals surface area contributed by atoms with Crippen molar-refractivity contribution in [3.63, 3.8) is 0 Å². The van der Waals surface area contributed by atoms with Gasteiger partial charge in [0, 0.05) is 19.2 Å². The zero-order valence-electron chi connectivity index (χ0n) is 14.5. The first-order valence-electron chi connectivity index (χ1n) is 8.72. The van der Waals surface area contributed by atoms with Gasteiger partial charge in [-0.3, -0.25) is 14.9 Å². The molecule has 0 spiro atoms. The standard InChI is InChI=1S/C17H20F3N3O4/c18-17(19,20)10-27-13-1-2-15(23(25)26)14(7-13)16(24)22-5-3-11-8-21-9-12(11)4-6-22/h1-2,7,11-12,21H,3-6,8-10H2/t11-,12+. The number of amides is 1. The largest absolute Gasteiger partial charge is 0.484 e. The van der Waals surface area contributed by atoms with E-state index in [4.69, 9.17) is 0 Å². The number of carbonyl (C=O) groups excluding carboxylic acids is 1. The SMILES string of the molecule is O=C(c1cc(OCC(F)(F)F)ccc1[N+](=O)[O-])N1CC[C@@H]2CNC[C@@H]2CC1. The molecule has 2 heterocycles. The molecule has 0 bridgehead atoms. The molecule has 2 aliphatic rings. The van der Waals surface area contributed by atoms with E-state index in [1.807, 2.05) is 0 Å². The van der Waals surface area contributed by atoms with Gasteiger partial charge in [0.25, 0.3) is 11.6 Å². The Balaban J connectivity index is 1.80. The maximum Gasteiger partial charge on any atom is 0.422 e. The van der Waals surface area contributed by atoms with Gasteiger partial charge in [-0.05, 0) is 49.9 Å². The molecule has 0 radical (unpaired) electrons. The molecule has 7 nitrogen and oxygen atoms in total. The zero-order valence-corrected chi connectivity index (χ0v) is 14.5. The Morgan fingerprint density at radius 3 is 2.44 bits per heavy atom. The summed E-state index contributed by atoms with van der Waals surface area (Å²) in [5, 5.41) is 14.6. The Morgan fingerprint density at radius 2 is 1.89 bits per heavy atom. The van der Waals surface area contributed by atoms with Gasteiger partial charge in [0.15, 0.2) is 6.61 Å². The molecule has 0 saturated carbocycles. The minimum absolute atomic E-state index is 0.225. The average Bonchev–Trinajstić information content (AvgIpc) is 2.97. The van der Waals surface area contributed by atoms with E-state index in [2.05, 4.69) is 10.1 Å². The van der Waals surface area contributed by atoms with Crippen molar-refractivity contribution < 1.29 is 27.6 Å². The van der Waals surface area contributed by atoms with Crippen LogP contribution in [0.2, 0.25) is 0 Å². The summed E-state index contributed by atoms with van der Waals surface area (Å²) in [6.45, 7) is 1.19. The van der Waals surface area contributed by atoms with E-state index < -0.39 is 29.3 Å². The van der Waals surface area contributed by atoms with E-state index in [9.17, 15) is 28.1 Å². The molecule has 1 aromatic rings. The molecule has 1 N–H and O–H groups in total. The number of nitrogens with zero attached hydrogens (tertiary/aromatic N) is 2. The third-order valence-corrected chi connectivity index (χ3v) is 5.10. The Kier molecular flexibility index (Phi) is 5.54. The number of benzene rings is 1. The van der Waals surface area contributed by atoms with E-state index in [-0.39, 0.29) is 11.3 Å². The summed E-state index contributed by atoms with van der Waals surface area (Å²) in [6.07, 6.45) is -2.95. The van der Waals surface area contributed by atoms with Crippen LogP contribution in [0.25, 0.3) is 0 Å². The minimum atomic E-state index is -4.54. The van der Waals surface area contributed by atoms with Crippen molar-refractivity contribution in [3.05, 3.63) is 33.9 Å². The predicted octanol–water partition coefficient (Wildman–Crippen LogP) is 2.61. The van der Waals surface area contributed by atoms with Gasteiger partial charge in [0.05, 0.1) is 4.92 Å². The monoisotopic (exact) mass is 387 g/mol. The Hall–Kier alpha value is -2.36. The highest BCUT2D eigenvalue weighted by Gasteiger charge is 2.34. The van der Waals surface area contributed by atoms with Crippen LogP contribution >= 0.6 is 0 Å². The van der Waals surface area contributed by atoms with Crippen molar-refractivity contribution in [1.29, 1.82) is 0 Å². The maximum absolute atomic E-state index is 12.9. The van der Waals surface area contributed by atoms with Gasteiger partial charge in [-0.2, -0.15) is 13.2 Å². The van der Waals surface area contributed by atoms with Crippen LogP contribution in [0.3, 0.4) is 0 Å². The molecule has 27 heavy (non-hydrogen) atoms. The van der Waals surface area contributed by atoms with Gasteiger partial charge in [-0.25, -0.2) is 0 Å². The zero-order chi connectivity index (χ0) is 19.6. The van der Waals surface area contributed by atoms with Crippen LogP contribution in [0, 0.1) is 22.0 Å². The molecule has 1 amide bonds. The van der Waals surface area contributed by atoms with Crippen LogP contribution in [0.1, 0.15) is 23.2 Å². The molecule has 10 heteroatoms. The number of ether oxygens (including phenoxy) is 1. The second kappa shape index (κ2) is 7.71. The van der Waals surface area contributed by atoms with Crippen LogP contribution in [0.4, 0.5) is 18.9 Å². The number of nitro groups is 1. The lowest BCUT2D eigenvalue weighted by Crippen LogP contribution is -2.33. The van der Waals surface area contributed by atoms with E-state index in [0.717, 1.165) is 44.1 Å². The summed E-state index contributed by atoms with van der Waals surface area (Å²) in [7, 11) is 0. The van der Waals surface area contributed by atoms with Gasteiger partial charge >= 0.3 is 6.18 Å². The van der Waals surface area contributed by atoms with Gasteiger partial charge in [0.1, 0.15) is 11.3 Å². The fraction of sp³-hybridized carbons (Fsp3) is 0.588. The fourth-order valence-electron chi connectivity index (χ4n) is 3.69. The molecule has 2 atom stereocenters. The summed E-state index contributed by atoms with van der Waals surface area (Å²) < 4.78 is 41.7. The number of carbonyl (C=O) groups is 1. The molecule has 2 saturated heterocycles. The van der Waals surface area contributed by atoms with Gasteiger partial charge in [-0.1, -0.05) is 0 Å².